The van der Waals surface area contributed by atoms with Crippen LogP contribution in [-0.4, -0.2) is 35.1 Å². The number of hydrogen-bond donors (Lipinski definition) is 0. The van der Waals surface area contributed by atoms with Gasteiger partial charge in [0.15, 0.2) is 6.17 Å². The summed E-state index contributed by atoms with van der Waals surface area (Å²) in [5.74, 6) is -0.196. The van der Waals surface area contributed by atoms with E-state index in [-0.39, 0.29) is 25.3 Å². The van der Waals surface area contributed by atoms with Crippen molar-refractivity contribution in [3.63, 3.8) is 0 Å². The minimum Gasteiger partial charge on any atom is -0.474 e. The van der Waals surface area contributed by atoms with E-state index in [9.17, 15) is 9.18 Å². The van der Waals surface area contributed by atoms with E-state index in [1.165, 1.54) is 10.9 Å². The van der Waals surface area contributed by atoms with Gasteiger partial charge in [-0.05, 0) is 6.92 Å². The van der Waals surface area contributed by atoms with Gasteiger partial charge >= 0.3 is 5.97 Å². The summed E-state index contributed by atoms with van der Waals surface area (Å²) in [6, 6.07) is 0. The molecule has 0 bridgehead atoms. The number of hydrogen-bond acceptors (Lipinski definition) is 4. The normalized spacial score (nSPS) is 19.2. The van der Waals surface area contributed by atoms with Crippen LogP contribution in [0.2, 0.25) is 0 Å². The molecule has 6 heteroatoms. The van der Waals surface area contributed by atoms with E-state index in [1.807, 2.05) is 0 Å². The van der Waals surface area contributed by atoms with Crippen LogP contribution in [0.15, 0.2) is 6.20 Å². The van der Waals surface area contributed by atoms with E-state index >= 15 is 0 Å². The number of rotatable bonds is 2. The second kappa shape index (κ2) is 3.88. The van der Waals surface area contributed by atoms with Crippen molar-refractivity contribution in [3.8, 4) is 5.88 Å². The van der Waals surface area contributed by atoms with Crippen LogP contribution in [0.5, 0.6) is 5.88 Å². The Morgan fingerprint density at radius 3 is 3.40 bits per heavy atom. The highest BCUT2D eigenvalue weighted by molar-refractivity contribution is 5.91. The molecule has 2 heterocycles. The summed E-state index contributed by atoms with van der Waals surface area (Å²) in [5.41, 5.74) is 0.253. The van der Waals surface area contributed by atoms with E-state index < -0.39 is 12.1 Å². The second-order valence-corrected chi connectivity index (χ2v) is 3.17. The van der Waals surface area contributed by atoms with Crippen molar-refractivity contribution in [1.29, 1.82) is 0 Å². The summed E-state index contributed by atoms with van der Waals surface area (Å²) in [6.45, 7) is 2.08. The van der Waals surface area contributed by atoms with Crippen molar-refractivity contribution >= 4 is 5.97 Å². The molecule has 0 spiro atoms. The van der Waals surface area contributed by atoms with Crippen molar-refractivity contribution in [2.45, 2.75) is 19.6 Å². The van der Waals surface area contributed by atoms with Crippen LogP contribution in [0, 0.1) is 0 Å². The van der Waals surface area contributed by atoms with E-state index in [1.54, 1.807) is 6.92 Å². The molecule has 1 unspecified atom stereocenters. The molecule has 0 amide bonds. The number of aromatic nitrogens is 2. The van der Waals surface area contributed by atoms with Gasteiger partial charge in [0.1, 0.15) is 12.2 Å². The van der Waals surface area contributed by atoms with Crippen LogP contribution in [0.4, 0.5) is 4.39 Å². The molecule has 1 atom stereocenters. The maximum atomic E-state index is 12.9. The van der Waals surface area contributed by atoms with Crippen LogP contribution in [0.1, 0.15) is 17.3 Å². The SMILES string of the molecule is CCOC(=O)c1cnn2c1OCC(F)C2. The molecule has 1 aromatic heterocycles. The first-order valence-corrected chi connectivity index (χ1v) is 4.72. The van der Waals surface area contributed by atoms with Crippen molar-refractivity contribution in [2.75, 3.05) is 13.2 Å². The van der Waals surface area contributed by atoms with Crippen LogP contribution in [0.25, 0.3) is 0 Å². The lowest BCUT2D eigenvalue weighted by Crippen LogP contribution is -2.27. The van der Waals surface area contributed by atoms with Gasteiger partial charge in [-0.25, -0.2) is 13.9 Å². The lowest BCUT2D eigenvalue weighted by Gasteiger charge is -2.18. The molecule has 1 aliphatic rings. The van der Waals surface area contributed by atoms with Crippen molar-refractivity contribution in [2.24, 2.45) is 0 Å². The topological polar surface area (TPSA) is 53.3 Å². The fraction of sp³-hybridized carbons (Fsp3) is 0.556. The molecule has 0 aromatic carbocycles. The zero-order valence-corrected chi connectivity index (χ0v) is 8.27. The Bertz CT molecular complexity index is 377. The first-order chi connectivity index (χ1) is 7.22. The number of ether oxygens (including phenoxy) is 2. The van der Waals surface area contributed by atoms with E-state index in [0.717, 1.165) is 0 Å². The van der Waals surface area contributed by atoms with Crippen LogP contribution >= 0.6 is 0 Å². The van der Waals surface area contributed by atoms with Gasteiger partial charge in [0.25, 0.3) is 0 Å². The van der Waals surface area contributed by atoms with Gasteiger partial charge in [-0.3, -0.25) is 0 Å². The molecule has 1 aliphatic heterocycles. The molecular formula is C9H11FN2O3. The fourth-order valence-electron chi connectivity index (χ4n) is 1.42. The number of carbonyl (C=O) groups is 1. The van der Waals surface area contributed by atoms with E-state index in [0.29, 0.717) is 5.88 Å². The van der Waals surface area contributed by atoms with E-state index in [4.69, 9.17) is 9.47 Å². The Morgan fingerprint density at radius 2 is 2.67 bits per heavy atom. The van der Waals surface area contributed by atoms with Gasteiger partial charge in [0.05, 0.1) is 19.3 Å². The fourth-order valence-corrected chi connectivity index (χ4v) is 1.42. The Morgan fingerprint density at radius 1 is 1.87 bits per heavy atom. The summed E-state index contributed by atoms with van der Waals surface area (Å²) in [6.07, 6.45) is 0.262. The number of nitrogens with zero attached hydrogens (tertiary/aromatic N) is 2. The first kappa shape index (κ1) is 9.95. The van der Waals surface area contributed by atoms with Crippen molar-refractivity contribution in [3.05, 3.63) is 11.8 Å². The number of halogens is 1. The monoisotopic (exact) mass is 214 g/mol. The Hall–Kier alpha value is -1.59. The minimum absolute atomic E-state index is 0.0436. The summed E-state index contributed by atoms with van der Waals surface area (Å²) < 4.78 is 24.2. The molecule has 0 saturated heterocycles. The largest absolute Gasteiger partial charge is 0.474 e. The molecule has 0 fully saturated rings. The highest BCUT2D eigenvalue weighted by atomic mass is 19.1. The Labute approximate surface area is 85.8 Å². The zero-order valence-electron chi connectivity index (χ0n) is 8.27. The number of fused-ring (bicyclic) bond motifs is 1. The molecular weight excluding hydrogens is 203 g/mol. The molecule has 5 nitrogen and oxygen atoms in total. The van der Waals surface area contributed by atoms with Gasteiger partial charge in [0.2, 0.25) is 5.88 Å². The minimum atomic E-state index is -1.08. The third-order valence-electron chi connectivity index (χ3n) is 2.06. The van der Waals surface area contributed by atoms with Gasteiger partial charge in [-0.1, -0.05) is 0 Å². The third kappa shape index (κ3) is 1.79. The molecule has 0 radical (unpaired) electrons. The Balaban J connectivity index is 2.24. The molecule has 82 valence electrons. The maximum absolute atomic E-state index is 12.9. The van der Waals surface area contributed by atoms with Crippen LogP contribution < -0.4 is 4.74 Å². The maximum Gasteiger partial charge on any atom is 0.345 e. The van der Waals surface area contributed by atoms with Crippen LogP contribution in [0.3, 0.4) is 0 Å². The second-order valence-electron chi connectivity index (χ2n) is 3.17. The van der Waals surface area contributed by atoms with Crippen LogP contribution in [-0.2, 0) is 11.3 Å². The molecule has 1 aromatic rings. The lowest BCUT2D eigenvalue weighted by atomic mass is 10.3. The van der Waals surface area contributed by atoms with Crippen molar-refractivity contribution < 1.29 is 18.7 Å². The predicted molar refractivity (Wildman–Crippen MR) is 48.6 cm³/mol. The molecule has 0 saturated carbocycles. The highest BCUT2D eigenvalue weighted by Crippen LogP contribution is 2.23. The van der Waals surface area contributed by atoms with E-state index in [2.05, 4.69) is 5.10 Å². The number of alkyl halides is 1. The van der Waals surface area contributed by atoms with Gasteiger partial charge < -0.3 is 9.47 Å². The molecule has 15 heavy (non-hydrogen) atoms. The molecule has 2 rings (SSSR count). The quantitative estimate of drug-likeness (QED) is 0.683. The lowest BCUT2D eigenvalue weighted by molar-refractivity contribution is 0.0513. The summed E-state index contributed by atoms with van der Waals surface area (Å²) in [4.78, 5) is 11.4. The standard InChI is InChI=1S/C9H11FN2O3/c1-2-14-9(13)7-3-11-12-4-6(10)5-15-8(7)12/h3,6H,2,4-5H2,1H3. The number of esters is 1. The molecule has 0 N–H and O–H groups in total. The average Bonchev–Trinajstić information content (AvgIpc) is 2.60. The third-order valence-corrected chi connectivity index (χ3v) is 2.06. The summed E-state index contributed by atoms with van der Waals surface area (Å²) in [5, 5.41) is 3.86. The smallest absolute Gasteiger partial charge is 0.345 e. The van der Waals surface area contributed by atoms with Gasteiger partial charge in [-0.2, -0.15) is 5.10 Å². The highest BCUT2D eigenvalue weighted by Gasteiger charge is 2.26. The average molecular weight is 214 g/mol. The first-order valence-electron chi connectivity index (χ1n) is 4.72. The van der Waals surface area contributed by atoms with Crippen molar-refractivity contribution in [1.82, 2.24) is 9.78 Å². The predicted octanol–water partition coefficient (Wildman–Crippen LogP) is 0.790. The Kier molecular flexibility index (Phi) is 2.57. The summed E-state index contributed by atoms with van der Waals surface area (Å²) in [7, 11) is 0. The number of carbonyl (C=O) groups excluding carboxylic acids is 1. The zero-order chi connectivity index (χ0) is 10.8. The summed E-state index contributed by atoms with van der Waals surface area (Å²) >= 11 is 0. The van der Waals surface area contributed by atoms with Gasteiger partial charge in [-0.15, -0.1) is 0 Å². The molecule has 0 aliphatic carbocycles. The van der Waals surface area contributed by atoms with Gasteiger partial charge in [0, 0.05) is 0 Å².